The van der Waals surface area contributed by atoms with Gasteiger partial charge in [0.1, 0.15) is 0 Å². The topological polar surface area (TPSA) is 21.3 Å². The molecule has 2 atom stereocenters. The zero-order valence-corrected chi connectivity index (χ0v) is 5.55. The van der Waals surface area contributed by atoms with Crippen molar-refractivity contribution in [2.24, 2.45) is 0 Å². The zero-order chi connectivity index (χ0) is 6.69. The van der Waals surface area contributed by atoms with Gasteiger partial charge in [-0.15, -0.1) is 6.42 Å². The molecule has 0 spiro atoms. The van der Waals surface area contributed by atoms with Crippen LogP contribution in [0, 0.1) is 12.3 Å². The molecular formula is C7H11NO. The fourth-order valence-corrected chi connectivity index (χ4v) is 0.916. The van der Waals surface area contributed by atoms with Crippen molar-refractivity contribution in [3.8, 4) is 12.3 Å². The van der Waals surface area contributed by atoms with Crippen molar-refractivity contribution >= 4 is 0 Å². The summed E-state index contributed by atoms with van der Waals surface area (Å²) in [6.07, 6.45) is 5.37. The van der Waals surface area contributed by atoms with Gasteiger partial charge in [-0.25, -0.2) is 0 Å². The van der Waals surface area contributed by atoms with Crippen molar-refractivity contribution in [2.45, 2.75) is 19.1 Å². The number of rotatable bonds is 0. The van der Waals surface area contributed by atoms with E-state index in [2.05, 4.69) is 11.2 Å². The molecule has 1 N–H and O–H groups in total. The Bertz CT molecular complexity index is 127. The molecular weight excluding hydrogens is 114 g/mol. The molecule has 0 aliphatic carbocycles. The van der Waals surface area contributed by atoms with E-state index >= 15 is 0 Å². The largest absolute Gasteiger partial charge is 0.375 e. The molecule has 0 aromatic rings. The number of hydrogen-bond acceptors (Lipinski definition) is 2. The van der Waals surface area contributed by atoms with E-state index in [0.29, 0.717) is 0 Å². The highest BCUT2D eigenvalue weighted by Crippen LogP contribution is 2.01. The van der Waals surface area contributed by atoms with E-state index < -0.39 is 0 Å². The highest BCUT2D eigenvalue weighted by molar-refractivity contribution is 5.03. The fraction of sp³-hybridized carbons (Fsp3) is 0.714. The molecule has 0 amide bonds. The van der Waals surface area contributed by atoms with Crippen LogP contribution in [0.5, 0.6) is 0 Å². The fourth-order valence-electron chi connectivity index (χ4n) is 0.916. The van der Waals surface area contributed by atoms with Crippen LogP contribution in [0.3, 0.4) is 0 Å². The molecule has 1 saturated heterocycles. The molecule has 0 saturated carbocycles. The van der Waals surface area contributed by atoms with E-state index in [1.165, 1.54) is 0 Å². The minimum atomic E-state index is 0.110. The third-order valence-corrected chi connectivity index (χ3v) is 1.50. The van der Waals surface area contributed by atoms with Gasteiger partial charge in [-0.3, -0.25) is 5.32 Å². The highest BCUT2D eigenvalue weighted by Gasteiger charge is 2.17. The Morgan fingerprint density at radius 2 is 2.56 bits per heavy atom. The Morgan fingerprint density at radius 1 is 1.78 bits per heavy atom. The maximum atomic E-state index is 5.28. The normalized spacial score (nSPS) is 35.6. The molecule has 9 heavy (non-hydrogen) atoms. The average Bonchev–Trinajstić information content (AvgIpc) is 1.89. The van der Waals surface area contributed by atoms with E-state index in [9.17, 15) is 0 Å². The first kappa shape index (κ1) is 6.60. The lowest BCUT2D eigenvalue weighted by Crippen LogP contribution is -2.45. The van der Waals surface area contributed by atoms with Crippen molar-refractivity contribution in [1.29, 1.82) is 0 Å². The summed E-state index contributed by atoms with van der Waals surface area (Å²) in [7, 11) is 0. The van der Waals surface area contributed by atoms with Crippen LogP contribution in [0.2, 0.25) is 0 Å². The van der Waals surface area contributed by atoms with E-state index in [1.54, 1.807) is 0 Å². The number of morpholine rings is 1. The Labute approximate surface area is 55.6 Å². The van der Waals surface area contributed by atoms with Crippen LogP contribution < -0.4 is 5.32 Å². The summed E-state index contributed by atoms with van der Waals surface area (Å²) < 4.78 is 5.28. The predicted octanol–water partition coefficient (Wildman–Crippen LogP) is -0.00350. The molecule has 1 aliphatic rings. The van der Waals surface area contributed by atoms with Crippen molar-refractivity contribution in [1.82, 2.24) is 5.32 Å². The molecule has 1 rings (SSSR count). The van der Waals surface area contributed by atoms with Gasteiger partial charge in [0, 0.05) is 6.54 Å². The summed E-state index contributed by atoms with van der Waals surface area (Å²) in [6, 6.07) is 0.110. The second-order valence-corrected chi connectivity index (χ2v) is 2.17. The first-order valence-electron chi connectivity index (χ1n) is 3.15. The Hall–Kier alpha value is -0.520. The third-order valence-electron chi connectivity index (χ3n) is 1.50. The average molecular weight is 125 g/mol. The number of ether oxygens (including phenoxy) is 1. The van der Waals surface area contributed by atoms with Crippen molar-refractivity contribution in [3.63, 3.8) is 0 Å². The summed E-state index contributed by atoms with van der Waals surface area (Å²) in [5, 5.41) is 3.16. The Kier molecular flexibility index (Phi) is 2.10. The third kappa shape index (κ3) is 1.44. The molecule has 1 aliphatic heterocycles. The first-order valence-corrected chi connectivity index (χ1v) is 3.15. The van der Waals surface area contributed by atoms with Gasteiger partial charge in [0.25, 0.3) is 0 Å². The smallest absolute Gasteiger partial charge is 0.0950 e. The Morgan fingerprint density at radius 3 is 3.00 bits per heavy atom. The second kappa shape index (κ2) is 2.86. The monoisotopic (exact) mass is 125 g/mol. The van der Waals surface area contributed by atoms with E-state index in [-0.39, 0.29) is 12.1 Å². The lowest BCUT2D eigenvalue weighted by Gasteiger charge is -2.26. The standard InChI is InChI=1S/C7H11NO/c1-3-7-6(2)9-5-4-8-7/h1,6-8H,4-5H2,2H3. The molecule has 2 nitrogen and oxygen atoms in total. The SMILES string of the molecule is C#CC1NCCOC1C. The molecule has 0 bridgehead atoms. The van der Waals surface area contributed by atoms with Crippen LogP contribution in [0.4, 0.5) is 0 Å². The lowest BCUT2D eigenvalue weighted by atomic mass is 10.2. The van der Waals surface area contributed by atoms with Crippen LogP contribution in [0.15, 0.2) is 0 Å². The summed E-state index contributed by atoms with van der Waals surface area (Å²) in [4.78, 5) is 0. The Balaban J connectivity index is 2.41. The molecule has 1 heterocycles. The molecule has 0 aromatic carbocycles. The lowest BCUT2D eigenvalue weighted by molar-refractivity contribution is 0.0237. The summed E-state index contributed by atoms with van der Waals surface area (Å²) >= 11 is 0. The number of nitrogens with one attached hydrogen (secondary N) is 1. The highest BCUT2D eigenvalue weighted by atomic mass is 16.5. The van der Waals surface area contributed by atoms with Gasteiger partial charge in [-0.05, 0) is 6.92 Å². The number of terminal acetylenes is 1. The van der Waals surface area contributed by atoms with E-state index in [1.807, 2.05) is 6.92 Å². The molecule has 0 aromatic heterocycles. The zero-order valence-electron chi connectivity index (χ0n) is 5.55. The predicted molar refractivity (Wildman–Crippen MR) is 36.0 cm³/mol. The van der Waals surface area contributed by atoms with Gasteiger partial charge in [-0.1, -0.05) is 5.92 Å². The van der Waals surface area contributed by atoms with Crippen molar-refractivity contribution < 1.29 is 4.74 Å². The summed E-state index contributed by atoms with van der Waals surface area (Å²) in [6.45, 7) is 3.63. The van der Waals surface area contributed by atoms with Crippen LogP contribution in [-0.4, -0.2) is 25.3 Å². The quantitative estimate of drug-likeness (QED) is 0.460. The van der Waals surface area contributed by atoms with Gasteiger partial charge in [0.05, 0.1) is 18.8 Å². The van der Waals surface area contributed by atoms with Crippen LogP contribution >= 0.6 is 0 Å². The second-order valence-electron chi connectivity index (χ2n) is 2.17. The minimum Gasteiger partial charge on any atom is -0.375 e. The van der Waals surface area contributed by atoms with Gasteiger partial charge < -0.3 is 4.74 Å². The van der Waals surface area contributed by atoms with Gasteiger partial charge >= 0.3 is 0 Å². The summed E-state index contributed by atoms with van der Waals surface area (Å²) in [5.74, 6) is 2.62. The van der Waals surface area contributed by atoms with Gasteiger partial charge in [0.15, 0.2) is 0 Å². The molecule has 50 valence electrons. The molecule has 2 heteroatoms. The van der Waals surface area contributed by atoms with Crippen LogP contribution in [-0.2, 0) is 4.74 Å². The first-order chi connectivity index (χ1) is 4.34. The minimum absolute atomic E-state index is 0.110. The number of hydrogen-bond donors (Lipinski definition) is 1. The summed E-state index contributed by atoms with van der Waals surface area (Å²) in [5.41, 5.74) is 0. The maximum absolute atomic E-state index is 5.28. The van der Waals surface area contributed by atoms with Crippen LogP contribution in [0.1, 0.15) is 6.92 Å². The molecule has 1 fully saturated rings. The van der Waals surface area contributed by atoms with Gasteiger partial charge in [0.2, 0.25) is 0 Å². The van der Waals surface area contributed by atoms with Gasteiger partial charge in [-0.2, -0.15) is 0 Å². The van der Waals surface area contributed by atoms with E-state index in [4.69, 9.17) is 11.2 Å². The molecule has 0 radical (unpaired) electrons. The van der Waals surface area contributed by atoms with Crippen molar-refractivity contribution in [3.05, 3.63) is 0 Å². The van der Waals surface area contributed by atoms with Crippen molar-refractivity contribution in [2.75, 3.05) is 13.2 Å². The molecule has 2 unspecified atom stereocenters. The maximum Gasteiger partial charge on any atom is 0.0950 e. The van der Waals surface area contributed by atoms with Crippen LogP contribution in [0.25, 0.3) is 0 Å². The van der Waals surface area contributed by atoms with E-state index in [0.717, 1.165) is 13.2 Å².